The van der Waals surface area contributed by atoms with Crippen molar-refractivity contribution >= 4 is 0 Å². The molecular weight excluding hydrogens is 238 g/mol. The van der Waals surface area contributed by atoms with Crippen molar-refractivity contribution in [3.8, 4) is 0 Å². The van der Waals surface area contributed by atoms with E-state index in [2.05, 4.69) is 35.9 Å². The van der Waals surface area contributed by atoms with Gasteiger partial charge in [-0.2, -0.15) is 5.10 Å². The van der Waals surface area contributed by atoms with Gasteiger partial charge in [-0.15, -0.1) is 0 Å². The summed E-state index contributed by atoms with van der Waals surface area (Å²) < 4.78 is 8.07. The van der Waals surface area contributed by atoms with E-state index in [4.69, 9.17) is 10.5 Å². The zero-order valence-electron chi connectivity index (χ0n) is 12.2. The van der Waals surface area contributed by atoms with Crippen molar-refractivity contribution in [3.05, 3.63) is 18.0 Å². The van der Waals surface area contributed by atoms with Crippen molar-refractivity contribution in [1.29, 1.82) is 0 Å². The van der Waals surface area contributed by atoms with Crippen LogP contribution in [0.15, 0.2) is 12.3 Å². The molecule has 2 N–H and O–H groups in total. The summed E-state index contributed by atoms with van der Waals surface area (Å²) in [7, 11) is 0. The van der Waals surface area contributed by atoms with E-state index in [0.717, 1.165) is 31.5 Å². The van der Waals surface area contributed by atoms with Gasteiger partial charge < -0.3 is 10.5 Å². The van der Waals surface area contributed by atoms with Crippen LogP contribution in [-0.2, 0) is 11.3 Å². The van der Waals surface area contributed by atoms with Crippen molar-refractivity contribution in [2.24, 2.45) is 11.7 Å². The first-order valence-corrected chi connectivity index (χ1v) is 7.64. The molecule has 1 aliphatic carbocycles. The average molecular weight is 265 g/mol. The van der Waals surface area contributed by atoms with Crippen LogP contribution in [-0.4, -0.2) is 22.4 Å². The molecule has 4 heteroatoms. The first-order valence-electron chi connectivity index (χ1n) is 7.64. The van der Waals surface area contributed by atoms with E-state index in [1.807, 2.05) is 0 Å². The molecule has 0 aromatic carbocycles. The lowest BCUT2D eigenvalue weighted by molar-refractivity contribution is 0.0163. The fraction of sp³-hybridized carbons (Fsp3) is 0.800. The van der Waals surface area contributed by atoms with E-state index in [0.29, 0.717) is 24.7 Å². The summed E-state index contributed by atoms with van der Waals surface area (Å²) >= 11 is 0. The van der Waals surface area contributed by atoms with Crippen LogP contribution in [0, 0.1) is 5.92 Å². The first-order chi connectivity index (χ1) is 9.28. The normalized spacial score (nSPS) is 23.4. The second-order valence-electron chi connectivity index (χ2n) is 5.53. The molecule has 2 unspecified atom stereocenters. The summed E-state index contributed by atoms with van der Waals surface area (Å²) in [6.45, 7) is 5.77. The van der Waals surface area contributed by atoms with Crippen LogP contribution in [0.1, 0.15) is 57.7 Å². The van der Waals surface area contributed by atoms with Crippen molar-refractivity contribution in [2.45, 2.75) is 64.7 Å². The van der Waals surface area contributed by atoms with Crippen molar-refractivity contribution in [3.63, 3.8) is 0 Å². The summed E-state index contributed by atoms with van der Waals surface area (Å²) in [4.78, 5) is 0. The molecule has 0 aliphatic heterocycles. The van der Waals surface area contributed by atoms with Gasteiger partial charge >= 0.3 is 0 Å². The molecule has 0 saturated heterocycles. The Bertz CT molecular complexity index is 373. The van der Waals surface area contributed by atoms with Gasteiger partial charge in [0.2, 0.25) is 0 Å². The Morgan fingerprint density at radius 3 is 2.89 bits per heavy atom. The number of aromatic nitrogens is 2. The lowest BCUT2D eigenvalue weighted by Gasteiger charge is -2.18. The highest BCUT2D eigenvalue weighted by Crippen LogP contribution is 2.28. The van der Waals surface area contributed by atoms with Gasteiger partial charge in [0.15, 0.2) is 0 Å². The molecule has 1 aromatic heterocycles. The highest BCUT2D eigenvalue weighted by molar-refractivity contribution is 4.98. The highest BCUT2D eigenvalue weighted by atomic mass is 16.5. The third-order valence-corrected chi connectivity index (χ3v) is 4.32. The lowest BCUT2D eigenvalue weighted by atomic mass is 10.1. The van der Waals surface area contributed by atoms with E-state index >= 15 is 0 Å². The van der Waals surface area contributed by atoms with Gasteiger partial charge in [-0.25, -0.2) is 0 Å². The molecule has 0 amide bonds. The molecule has 0 spiro atoms. The number of rotatable bonds is 7. The Labute approximate surface area is 116 Å². The Morgan fingerprint density at radius 2 is 2.21 bits per heavy atom. The quantitative estimate of drug-likeness (QED) is 0.824. The Hall–Kier alpha value is -0.870. The second kappa shape index (κ2) is 7.06. The van der Waals surface area contributed by atoms with Gasteiger partial charge in [0.1, 0.15) is 0 Å². The molecule has 0 bridgehead atoms. The van der Waals surface area contributed by atoms with E-state index in [1.165, 1.54) is 12.8 Å². The maximum Gasteiger partial charge on any atom is 0.0910 e. The molecule has 2 rings (SSSR count). The Morgan fingerprint density at radius 1 is 1.42 bits per heavy atom. The molecule has 1 aromatic rings. The van der Waals surface area contributed by atoms with Crippen molar-refractivity contribution in [1.82, 2.24) is 9.78 Å². The maximum atomic E-state index is 6.00. The van der Waals surface area contributed by atoms with Gasteiger partial charge in [-0.05, 0) is 44.2 Å². The molecule has 1 saturated carbocycles. The number of nitrogens with two attached hydrogens (primary N) is 1. The van der Waals surface area contributed by atoms with E-state index < -0.39 is 0 Å². The molecule has 2 atom stereocenters. The second-order valence-corrected chi connectivity index (χ2v) is 5.53. The minimum Gasteiger partial charge on any atom is -0.372 e. The van der Waals surface area contributed by atoms with Crippen molar-refractivity contribution < 1.29 is 4.74 Å². The number of hydrogen-bond acceptors (Lipinski definition) is 3. The predicted octanol–water partition coefficient (Wildman–Crippen LogP) is 2.89. The summed E-state index contributed by atoms with van der Waals surface area (Å²) in [5, 5.41) is 4.62. The Kier molecular flexibility index (Phi) is 5.40. The Balaban J connectivity index is 1.86. The van der Waals surface area contributed by atoms with E-state index in [9.17, 15) is 0 Å². The smallest absolute Gasteiger partial charge is 0.0910 e. The van der Waals surface area contributed by atoms with Crippen molar-refractivity contribution in [2.75, 3.05) is 6.54 Å². The molecule has 108 valence electrons. The van der Waals surface area contributed by atoms with Crippen LogP contribution in [0.4, 0.5) is 0 Å². The highest BCUT2D eigenvalue weighted by Gasteiger charge is 2.26. The molecular formula is C15H27N3O. The molecule has 0 radical (unpaired) electrons. The number of hydrogen-bond donors (Lipinski definition) is 1. The van der Waals surface area contributed by atoms with Crippen LogP contribution in [0.3, 0.4) is 0 Å². The fourth-order valence-corrected chi connectivity index (χ4v) is 3.00. The molecule has 1 aliphatic rings. The molecule has 1 heterocycles. The lowest BCUT2D eigenvalue weighted by Crippen LogP contribution is -2.25. The summed E-state index contributed by atoms with van der Waals surface area (Å²) in [5.41, 5.74) is 6.81. The standard InChI is InChI=1S/C15H27N3O/c1-3-14(4-2)18-9-8-13(17-18)11-19-15-7-5-6-12(15)10-16/h8-9,12,14-15H,3-7,10-11,16H2,1-2H3. The third-order valence-electron chi connectivity index (χ3n) is 4.32. The molecule has 19 heavy (non-hydrogen) atoms. The SMILES string of the molecule is CCC(CC)n1ccc(COC2CCCC2CN)n1. The fourth-order valence-electron chi connectivity index (χ4n) is 3.00. The van der Waals surface area contributed by atoms with Crippen LogP contribution < -0.4 is 5.73 Å². The minimum absolute atomic E-state index is 0.336. The third kappa shape index (κ3) is 3.57. The van der Waals surface area contributed by atoms with Crippen LogP contribution in [0.25, 0.3) is 0 Å². The predicted molar refractivity (Wildman–Crippen MR) is 76.8 cm³/mol. The van der Waals surface area contributed by atoms with E-state index in [1.54, 1.807) is 0 Å². The summed E-state index contributed by atoms with van der Waals surface area (Å²) in [6, 6.07) is 2.59. The maximum absolute atomic E-state index is 6.00. The number of ether oxygens (including phenoxy) is 1. The van der Waals surface area contributed by atoms with Gasteiger partial charge in [0, 0.05) is 6.20 Å². The monoisotopic (exact) mass is 265 g/mol. The summed E-state index contributed by atoms with van der Waals surface area (Å²) in [5.74, 6) is 0.543. The summed E-state index contributed by atoms with van der Waals surface area (Å²) in [6.07, 6.45) is 8.26. The van der Waals surface area contributed by atoms with Gasteiger partial charge in [0.05, 0.1) is 24.4 Å². The zero-order chi connectivity index (χ0) is 13.7. The topological polar surface area (TPSA) is 53.1 Å². The van der Waals surface area contributed by atoms with Gasteiger partial charge in [0.25, 0.3) is 0 Å². The number of nitrogens with zero attached hydrogens (tertiary/aromatic N) is 2. The molecule has 4 nitrogen and oxygen atoms in total. The van der Waals surface area contributed by atoms with Gasteiger partial charge in [-0.1, -0.05) is 20.3 Å². The first kappa shape index (κ1) is 14.5. The van der Waals surface area contributed by atoms with Crippen LogP contribution in [0.5, 0.6) is 0 Å². The zero-order valence-corrected chi connectivity index (χ0v) is 12.2. The largest absolute Gasteiger partial charge is 0.372 e. The van der Waals surface area contributed by atoms with Gasteiger partial charge in [-0.3, -0.25) is 4.68 Å². The van der Waals surface area contributed by atoms with E-state index in [-0.39, 0.29) is 0 Å². The molecule has 1 fully saturated rings. The average Bonchev–Trinajstić information content (AvgIpc) is 3.06. The van der Waals surface area contributed by atoms with Crippen LogP contribution in [0.2, 0.25) is 0 Å². The van der Waals surface area contributed by atoms with Crippen LogP contribution >= 0.6 is 0 Å². The minimum atomic E-state index is 0.336.